The number of hydrogen-bond acceptors (Lipinski definition) is 0. The molecule has 0 bridgehead atoms. The van der Waals surface area contributed by atoms with E-state index < -0.39 is 0 Å². The van der Waals surface area contributed by atoms with Crippen LogP contribution in [0.25, 0.3) is 72.0 Å². The van der Waals surface area contributed by atoms with Gasteiger partial charge in [-0.2, -0.15) is 0 Å². The van der Waals surface area contributed by atoms with Crippen LogP contribution in [-0.2, 0) is 0 Å². The standard InChI is InChI=1S/C48H41N.C9H14.C2H6/c1-32(2)35-22-24-47-45(30-35)46-31-36(33(3)4)23-25-48(46)49(47)44-21-11-20-43(29-44)42-19-10-18-41(28-42)40-17-9-16-39(27-40)38-15-8-14-37(26-38)34-12-6-5-7-13-34;1-3-5-7-9-8-6-4-2;1-2/h5-33H,1-4H3;3,5-8H,1,4,9H2,2H3;1-2H3/b;7-5+,8-6-;. The molecule has 0 aliphatic rings. The number of benzene rings is 7. The first-order chi connectivity index (χ1) is 29.3. The molecule has 0 radical (unpaired) electrons. The third kappa shape index (κ3) is 10.2. The van der Waals surface area contributed by atoms with E-state index in [1.54, 1.807) is 6.08 Å². The van der Waals surface area contributed by atoms with E-state index in [1.165, 1.54) is 83.1 Å². The van der Waals surface area contributed by atoms with Gasteiger partial charge in [0.25, 0.3) is 0 Å². The molecule has 0 aliphatic heterocycles. The Hall–Kier alpha value is -6.44. The SMILES string of the molecule is C=C/C=C/C/C=C\CC.CC.CC(C)c1ccc2c(c1)c1cc(C(C)C)ccc1n2-c1cccc(-c2cccc(-c3cccc(-c4cccc(-c5ccccc5)c4)c3)c2)c1. The van der Waals surface area contributed by atoms with Gasteiger partial charge in [0.05, 0.1) is 11.0 Å². The first-order valence-corrected chi connectivity index (χ1v) is 21.8. The lowest BCUT2D eigenvalue weighted by Crippen LogP contribution is -1.95. The fourth-order valence-corrected chi connectivity index (χ4v) is 7.66. The molecule has 0 saturated carbocycles. The lowest BCUT2D eigenvalue weighted by atomic mass is 9.95. The third-order valence-electron chi connectivity index (χ3n) is 10.9. The third-order valence-corrected chi connectivity index (χ3v) is 10.9. The van der Waals surface area contributed by atoms with Gasteiger partial charge in [-0.25, -0.2) is 0 Å². The summed E-state index contributed by atoms with van der Waals surface area (Å²) in [5, 5.41) is 2.65. The highest BCUT2D eigenvalue weighted by atomic mass is 15.0. The van der Waals surface area contributed by atoms with Crippen molar-refractivity contribution in [3.63, 3.8) is 0 Å². The summed E-state index contributed by atoms with van der Waals surface area (Å²) in [5.74, 6) is 0.957. The lowest BCUT2D eigenvalue weighted by molar-refractivity contribution is 0.868. The number of fused-ring (bicyclic) bond motifs is 3. The molecule has 1 aromatic heterocycles. The molecule has 1 nitrogen and oxygen atoms in total. The van der Waals surface area contributed by atoms with Crippen molar-refractivity contribution in [3.05, 3.63) is 212 Å². The average Bonchev–Trinajstić information content (AvgIpc) is 3.63. The summed E-state index contributed by atoms with van der Waals surface area (Å²) in [6, 6.07) is 60.3. The monoisotopic (exact) mass is 783 g/mol. The molecular formula is C59H61N. The fraction of sp³-hybridized carbons (Fsp3) is 0.186. The minimum atomic E-state index is 0.479. The number of rotatable bonds is 11. The highest BCUT2D eigenvalue weighted by Gasteiger charge is 2.16. The molecule has 8 aromatic rings. The van der Waals surface area contributed by atoms with Crippen molar-refractivity contribution in [2.24, 2.45) is 0 Å². The van der Waals surface area contributed by atoms with Crippen LogP contribution in [0, 0.1) is 0 Å². The topological polar surface area (TPSA) is 4.93 Å². The van der Waals surface area contributed by atoms with E-state index in [0.717, 1.165) is 12.8 Å². The molecule has 8 rings (SSSR count). The largest absolute Gasteiger partial charge is 0.309 e. The summed E-state index contributed by atoms with van der Waals surface area (Å²) in [4.78, 5) is 0. The fourth-order valence-electron chi connectivity index (χ4n) is 7.66. The number of hydrogen-bond donors (Lipinski definition) is 0. The number of aromatic nitrogens is 1. The van der Waals surface area contributed by atoms with E-state index in [-0.39, 0.29) is 0 Å². The number of nitrogens with zero attached hydrogens (tertiary/aromatic N) is 1. The summed E-state index contributed by atoms with van der Waals surface area (Å²) in [6.45, 7) is 18.8. The second kappa shape index (κ2) is 21.0. The second-order valence-electron chi connectivity index (χ2n) is 15.6. The maximum Gasteiger partial charge on any atom is 0.0541 e. The smallest absolute Gasteiger partial charge is 0.0541 e. The molecule has 1 heterocycles. The molecular weight excluding hydrogens is 723 g/mol. The van der Waals surface area contributed by atoms with Crippen LogP contribution < -0.4 is 0 Å². The predicted octanol–water partition coefficient (Wildman–Crippen LogP) is 17.8. The summed E-state index contributed by atoms with van der Waals surface area (Å²) < 4.78 is 2.44. The van der Waals surface area contributed by atoms with Gasteiger partial charge in [-0.05, 0) is 135 Å². The van der Waals surface area contributed by atoms with E-state index in [0.29, 0.717) is 11.8 Å². The van der Waals surface area contributed by atoms with Gasteiger partial charge < -0.3 is 4.57 Å². The molecule has 1 heteroatoms. The zero-order valence-electron chi connectivity index (χ0n) is 36.7. The van der Waals surface area contributed by atoms with Crippen LogP contribution in [0.5, 0.6) is 0 Å². The van der Waals surface area contributed by atoms with E-state index in [9.17, 15) is 0 Å². The molecule has 0 atom stereocenters. The summed E-state index contributed by atoms with van der Waals surface area (Å²) in [6.07, 6.45) is 12.3. The summed E-state index contributed by atoms with van der Waals surface area (Å²) >= 11 is 0. The van der Waals surface area contributed by atoms with Gasteiger partial charge in [0.2, 0.25) is 0 Å². The molecule has 0 unspecified atom stereocenters. The lowest BCUT2D eigenvalue weighted by Gasteiger charge is -2.13. The quantitative estimate of drug-likeness (QED) is 0.0909. The van der Waals surface area contributed by atoms with Crippen molar-refractivity contribution in [1.29, 1.82) is 0 Å². The highest BCUT2D eigenvalue weighted by molar-refractivity contribution is 6.10. The molecule has 0 fully saturated rings. The summed E-state index contributed by atoms with van der Waals surface area (Å²) in [7, 11) is 0. The van der Waals surface area contributed by atoms with Gasteiger partial charge in [-0.3, -0.25) is 0 Å². The van der Waals surface area contributed by atoms with Crippen molar-refractivity contribution < 1.29 is 0 Å². The Kier molecular flexibility index (Phi) is 15.1. The Bertz CT molecular complexity index is 2630. The van der Waals surface area contributed by atoms with E-state index >= 15 is 0 Å². The zero-order chi connectivity index (χ0) is 42.4. The maximum absolute atomic E-state index is 3.57. The van der Waals surface area contributed by atoms with Gasteiger partial charge in [0, 0.05) is 16.5 Å². The van der Waals surface area contributed by atoms with Crippen LogP contribution >= 0.6 is 0 Å². The van der Waals surface area contributed by atoms with Crippen molar-refractivity contribution in [2.45, 2.75) is 73.1 Å². The van der Waals surface area contributed by atoms with Crippen molar-refractivity contribution in [2.75, 3.05) is 0 Å². The first kappa shape index (κ1) is 43.1. The van der Waals surface area contributed by atoms with Crippen LogP contribution in [0.3, 0.4) is 0 Å². The Labute approximate surface area is 360 Å². The Morgan fingerprint density at radius 1 is 0.450 bits per heavy atom. The van der Waals surface area contributed by atoms with Crippen LogP contribution in [0.2, 0.25) is 0 Å². The Morgan fingerprint density at radius 2 is 0.867 bits per heavy atom. The molecule has 0 aliphatic carbocycles. The Morgan fingerprint density at radius 3 is 1.30 bits per heavy atom. The van der Waals surface area contributed by atoms with Crippen molar-refractivity contribution >= 4 is 21.8 Å². The van der Waals surface area contributed by atoms with E-state index in [2.05, 4.69) is 228 Å². The van der Waals surface area contributed by atoms with Crippen molar-refractivity contribution in [1.82, 2.24) is 4.57 Å². The Balaban J connectivity index is 0.000000489. The predicted molar refractivity (Wildman–Crippen MR) is 265 cm³/mol. The normalized spacial score (nSPS) is 11.3. The van der Waals surface area contributed by atoms with Gasteiger partial charge >= 0.3 is 0 Å². The van der Waals surface area contributed by atoms with Crippen molar-refractivity contribution in [3.8, 4) is 50.2 Å². The minimum absolute atomic E-state index is 0.479. The molecule has 0 N–H and O–H groups in total. The second-order valence-corrected chi connectivity index (χ2v) is 15.6. The van der Waals surface area contributed by atoms with Crippen LogP contribution in [0.1, 0.15) is 84.3 Å². The van der Waals surface area contributed by atoms with Gasteiger partial charge in [0.15, 0.2) is 0 Å². The molecule has 0 saturated heterocycles. The molecule has 0 spiro atoms. The van der Waals surface area contributed by atoms with Gasteiger partial charge in [-0.15, -0.1) is 0 Å². The van der Waals surface area contributed by atoms with Gasteiger partial charge in [-0.1, -0.05) is 195 Å². The first-order valence-electron chi connectivity index (χ1n) is 21.8. The number of allylic oxidation sites excluding steroid dienone is 5. The highest BCUT2D eigenvalue weighted by Crippen LogP contribution is 2.37. The van der Waals surface area contributed by atoms with E-state index in [1.807, 2.05) is 19.9 Å². The zero-order valence-corrected chi connectivity index (χ0v) is 36.7. The van der Waals surface area contributed by atoms with Crippen LogP contribution in [-0.4, -0.2) is 4.57 Å². The summed E-state index contributed by atoms with van der Waals surface area (Å²) in [5.41, 5.74) is 16.2. The van der Waals surface area contributed by atoms with Crippen LogP contribution in [0.4, 0.5) is 0 Å². The van der Waals surface area contributed by atoms with Gasteiger partial charge in [0.1, 0.15) is 0 Å². The molecule has 0 amide bonds. The van der Waals surface area contributed by atoms with E-state index in [4.69, 9.17) is 0 Å². The molecule has 302 valence electrons. The molecule has 7 aromatic carbocycles. The van der Waals surface area contributed by atoms with Crippen LogP contribution in [0.15, 0.2) is 201 Å². The molecule has 60 heavy (non-hydrogen) atoms. The maximum atomic E-state index is 3.57. The minimum Gasteiger partial charge on any atom is -0.309 e. The average molecular weight is 784 g/mol.